The summed E-state index contributed by atoms with van der Waals surface area (Å²) in [5.41, 5.74) is -0.199. The topological polar surface area (TPSA) is 55.1 Å². The number of hydrogen-bond acceptors (Lipinski definition) is 4. The highest BCUT2D eigenvalue weighted by Gasteiger charge is 2.08. The van der Waals surface area contributed by atoms with E-state index in [0.717, 1.165) is 6.07 Å². The quantitative estimate of drug-likeness (QED) is 0.609. The summed E-state index contributed by atoms with van der Waals surface area (Å²) in [5, 5.41) is 9.70. The molecule has 0 atom stereocenters. The average molecular weight is 214 g/mol. The van der Waals surface area contributed by atoms with Gasteiger partial charge >= 0.3 is 0 Å². The minimum Gasteiger partial charge on any atom is -0.493 e. The van der Waals surface area contributed by atoms with Crippen molar-refractivity contribution in [1.29, 1.82) is 0 Å². The van der Waals surface area contributed by atoms with Crippen molar-refractivity contribution in [3.8, 4) is 5.88 Å². The Labute approximate surface area is 87.0 Å². The minimum atomic E-state index is -0.209. The molecule has 0 unspecified atom stereocenters. The first-order valence-corrected chi connectivity index (χ1v) is 5.62. The molecule has 0 aliphatic carbocycles. The van der Waals surface area contributed by atoms with E-state index in [9.17, 15) is 4.79 Å². The average Bonchev–Trinajstić information content (AvgIpc) is 2.08. The molecule has 0 aliphatic heterocycles. The first-order valence-electron chi connectivity index (χ1n) is 4.39. The van der Waals surface area contributed by atoms with Crippen LogP contribution in [0.5, 0.6) is 5.88 Å². The molecule has 0 fully saturated rings. The molecule has 0 radical (unpaired) electrons. The van der Waals surface area contributed by atoms with Crippen LogP contribution >= 0.6 is 11.8 Å². The number of thioether (sulfide) groups is 1. The molecular weight excluding hydrogens is 200 g/mol. The lowest BCUT2D eigenvalue weighted by atomic mass is 10.2. The monoisotopic (exact) mass is 214 g/mol. The summed E-state index contributed by atoms with van der Waals surface area (Å²) in [6, 6.07) is 1.14. The summed E-state index contributed by atoms with van der Waals surface area (Å²) in [4.78, 5) is 15.4. The Hall–Kier alpha value is -0.970. The van der Waals surface area contributed by atoms with E-state index >= 15 is 0 Å². The van der Waals surface area contributed by atoms with Crippen LogP contribution in [0.3, 0.4) is 0 Å². The first kappa shape index (κ1) is 11.1. The van der Waals surface area contributed by atoms with E-state index in [4.69, 9.17) is 5.11 Å². The van der Waals surface area contributed by atoms with Gasteiger partial charge in [0.05, 0.1) is 6.07 Å². The molecule has 0 saturated heterocycles. The van der Waals surface area contributed by atoms with E-state index in [1.807, 2.05) is 20.1 Å². The van der Waals surface area contributed by atoms with Crippen LogP contribution in [-0.2, 0) is 6.54 Å². The SMILES string of the molecule is CSc1nc(O)cc(=O)n1CC(C)C. The van der Waals surface area contributed by atoms with Crippen molar-refractivity contribution in [2.45, 2.75) is 25.5 Å². The van der Waals surface area contributed by atoms with E-state index in [1.54, 1.807) is 4.57 Å². The Bertz CT molecular complexity index is 374. The van der Waals surface area contributed by atoms with Gasteiger partial charge in [-0.05, 0) is 12.2 Å². The third-order valence-corrected chi connectivity index (χ3v) is 2.37. The van der Waals surface area contributed by atoms with Crippen LogP contribution in [0.25, 0.3) is 0 Å². The molecule has 14 heavy (non-hydrogen) atoms. The molecule has 4 nitrogen and oxygen atoms in total. The third-order valence-electron chi connectivity index (χ3n) is 1.69. The van der Waals surface area contributed by atoms with Gasteiger partial charge in [-0.15, -0.1) is 0 Å². The summed E-state index contributed by atoms with van der Waals surface area (Å²) in [6.45, 7) is 4.69. The first-order chi connectivity index (χ1) is 6.54. The van der Waals surface area contributed by atoms with Gasteiger partial charge in [-0.2, -0.15) is 4.98 Å². The maximum Gasteiger partial charge on any atom is 0.257 e. The largest absolute Gasteiger partial charge is 0.493 e. The second-order valence-corrected chi connectivity index (χ2v) is 4.22. The van der Waals surface area contributed by atoms with Crippen LogP contribution in [0.4, 0.5) is 0 Å². The van der Waals surface area contributed by atoms with E-state index in [0.29, 0.717) is 17.6 Å². The lowest BCUT2D eigenvalue weighted by molar-refractivity contribution is 0.416. The zero-order chi connectivity index (χ0) is 10.7. The molecule has 1 N–H and O–H groups in total. The Morgan fingerprint density at radius 3 is 2.79 bits per heavy atom. The number of hydrogen-bond donors (Lipinski definition) is 1. The normalized spacial score (nSPS) is 10.9. The van der Waals surface area contributed by atoms with Gasteiger partial charge in [-0.1, -0.05) is 25.6 Å². The Kier molecular flexibility index (Phi) is 3.57. The van der Waals surface area contributed by atoms with Gasteiger partial charge in [0.2, 0.25) is 5.88 Å². The van der Waals surface area contributed by atoms with Crippen molar-refractivity contribution in [3.63, 3.8) is 0 Å². The molecular formula is C9H14N2O2S. The highest BCUT2D eigenvalue weighted by atomic mass is 32.2. The van der Waals surface area contributed by atoms with Gasteiger partial charge in [0.15, 0.2) is 5.16 Å². The molecule has 0 aliphatic rings. The van der Waals surface area contributed by atoms with E-state index in [1.165, 1.54) is 11.8 Å². The van der Waals surface area contributed by atoms with Gasteiger partial charge in [0, 0.05) is 6.54 Å². The zero-order valence-corrected chi connectivity index (χ0v) is 9.34. The smallest absolute Gasteiger partial charge is 0.257 e. The standard InChI is InChI=1S/C9H14N2O2S/c1-6(2)5-11-8(13)4-7(12)10-9(11)14-3/h4,6,12H,5H2,1-3H3. The van der Waals surface area contributed by atoms with Crippen LogP contribution in [0.1, 0.15) is 13.8 Å². The molecule has 0 bridgehead atoms. The van der Waals surface area contributed by atoms with Gasteiger partial charge in [0.25, 0.3) is 5.56 Å². The lowest BCUT2D eigenvalue weighted by Crippen LogP contribution is -2.24. The zero-order valence-electron chi connectivity index (χ0n) is 8.52. The number of aromatic nitrogens is 2. The molecule has 1 aromatic heterocycles. The van der Waals surface area contributed by atoms with Crippen LogP contribution in [-0.4, -0.2) is 20.9 Å². The Morgan fingerprint density at radius 1 is 1.64 bits per heavy atom. The fourth-order valence-corrected chi connectivity index (χ4v) is 1.73. The van der Waals surface area contributed by atoms with E-state index in [-0.39, 0.29) is 11.4 Å². The summed E-state index contributed by atoms with van der Waals surface area (Å²) in [7, 11) is 0. The number of nitrogens with zero attached hydrogens (tertiary/aromatic N) is 2. The van der Waals surface area contributed by atoms with Gasteiger partial charge in [-0.25, -0.2) is 0 Å². The highest BCUT2D eigenvalue weighted by Crippen LogP contribution is 2.13. The van der Waals surface area contributed by atoms with Gasteiger partial charge in [0.1, 0.15) is 0 Å². The van der Waals surface area contributed by atoms with Crippen LogP contribution < -0.4 is 5.56 Å². The second-order valence-electron chi connectivity index (χ2n) is 3.44. The minimum absolute atomic E-state index is 0.199. The summed E-state index contributed by atoms with van der Waals surface area (Å²) < 4.78 is 1.58. The molecule has 0 saturated carbocycles. The predicted molar refractivity (Wildman–Crippen MR) is 56.8 cm³/mol. The van der Waals surface area contributed by atoms with Crippen molar-refractivity contribution >= 4 is 11.8 Å². The summed E-state index contributed by atoms with van der Waals surface area (Å²) >= 11 is 1.36. The summed E-state index contributed by atoms with van der Waals surface area (Å²) in [6.07, 6.45) is 1.83. The van der Waals surface area contributed by atoms with Crippen molar-refractivity contribution in [3.05, 3.63) is 16.4 Å². The molecule has 5 heteroatoms. The lowest BCUT2D eigenvalue weighted by Gasteiger charge is -2.11. The van der Waals surface area contributed by atoms with Crippen molar-refractivity contribution < 1.29 is 5.11 Å². The van der Waals surface area contributed by atoms with E-state index < -0.39 is 0 Å². The molecule has 1 aromatic rings. The Morgan fingerprint density at radius 2 is 2.29 bits per heavy atom. The summed E-state index contributed by atoms with van der Waals surface area (Å²) in [5.74, 6) is 0.171. The van der Waals surface area contributed by atoms with Crippen molar-refractivity contribution in [2.75, 3.05) is 6.26 Å². The molecule has 78 valence electrons. The fraction of sp³-hybridized carbons (Fsp3) is 0.556. The van der Waals surface area contributed by atoms with Crippen LogP contribution in [0, 0.1) is 5.92 Å². The number of rotatable bonds is 3. The van der Waals surface area contributed by atoms with Crippen LogP contribution in [0.2, 0.25) is 0 Å². The third kappa shape index (κ3) is 2.51. The molecule has 0 spiro atoms. The molecule has 0 amide bonds. The van der Waals surface area contributed by atoms with Crippen molar-refractivity contribution in [1.82, 2.24) is 9.55 Å². The van der Waals surface area contributed by atoms with Crippen molar-refractivity contribution in [2.24, 2.45) is 5.92 Å². The maximum absolute atomic E-state index is 11.5. The maximum atomic E-state index is 11.5. The van der Waals surface area contributed by atoms with E-state index in [2.05, 4.69) is 4.98 Å². The fourth-order valence-electron chi connectivity index (χ4n) is 1.16. The van der Waals surface area contributed by atoms with Gasteiger partial charge in [-0.3, -0.25) is 9.36 Å². The highest BCUT2D eigenvalue weighted by molar-refractivity contribution is 7.98. The molecule has 1 heterocycles. The number of aromatic hydroxyl groups is 1. The Balaban J connectivity index is 3.19. The molecule has 1 rings (SSSR count). The van der Waals surface area contributed by atoms with Gasteiger partial charge < -0.3 is 5.11 Å². The second kappa shape index (κ2) is 4.50. The molecule has 0 aromatic carbocycles. The predicted octanol–water partition coefficient (Wildman–Crippen LogP) is 1.33. The van der Waals surface area contributed by atoms with Crippen LogP contribution in [0.15, 0.2) is 16.0 Å².